The van der Waals surface area contributed by atoms with E-state index in [1.165, 1.54) is 0 Å². The van der Waals surface area contributed by atoms with Crippen LogP contribution in [-0.2, 0) is 0 Å². The van der Waals surface area contributed by atoms with Gasteiger partial charge in [-0.05, 0) is 25.5 Å². The molecule has 0 aliphatic heterocycles. The molecule has 0 amide bonds. The minimum absolute atomic E-state index is 0. The molecule has 5 heteroatoms. The number of hydrogen-bond donors (Lipinski definition) is 2. The van der Waals surface area contributed by atoms with Crippen LogP contribution in [0.4, 0.5) is 0 Å². The first-order valence-corrected chi connectivity index (χ1v) is 6.44. The maximum atomic E-state index is 8.86. The Hall–Kier alpha value is -1.23. The number of para-hydroxylation sites is 1. The van der Waals surface area contributed by atoms with Crippen LogP contribution >= 0.6 is 0 Å². The molecule has 0 heterocycles. The van der Waals surface area contributed by atoms with Crippen molar-refractivity contribution in [3.8, 4) is 11.5 Å². The molecule has 114 valence electrons. The van der Waals surface area contributed by atoms with Gasteiger partial charge in [0, 0.05) is 18.2 Å². The third-order valence-electron chi connectivity index (χ3n) is 2.94. The second kappa shape index (κ2) is 10.5. The van der Waals surface area contributed by atoms with Gasteiger partial charge in [-0.1, -0.05) is 18.2 Å². The number of aliphatic hydroxyl groups excluding tert-OH is 1. The van der Waals surface area contributed by atoms with Crippen molar-refractivity contribution >= 4 is 0 Å². The van der Waals surface area contributed by atoms with Gasteiger partial charge in [-0.3, -0.25) is 0 Å². The van der Waals surface area contributed by atoms with E-state index in [2.05, 4.69) is 11.9 Å². The van der Waals surface area contributed by atoms with Crippen LogP contribution in [0.2, 0.25) is 0 Å². The van der Waals surface area contributed by atoms with Gasteiger partial charge in [0.05, 0.1) is 14.2 Å². The molecule has 1 unspecified atom stereocenters. The average Bonchev–Trinajstić information content (AvgIpc) is 2.45. The van der Waals surface area contributed by atoms with Crippen LogP contribution in [0, 0.1) is 0 Å². The SMILES string of the molecule is C=CCC(NCCCO)c1cccc(OC)c1OC.[Cl-]. The number of hydrogen-bond acceptors (Lipinski definition) is 4. The van der Waals surface area contributed by atoms with E-state index in [4.69, 9.17) is 14.6 Å². The molecule has 0 saturated heterocycles. The third-order valence-corrected chi connectivity index (χ3v) is 2.94. The Morgan fingerprint density at radius 3 is 2.65 bits per heavy atom. The highest BCUT2D eigenvalue weighted by molar-refractivity contribution is 5.48. The summed E-state index contributed by atoms with van der Waals surface area (Å²) in [6.07, 6.45) is 3.38. The second-order valence-corrected chi connectivity index (χ2v) is 4.19. The fourth-order valence-corrected chi connectivity index (χ4v) is 2.03. The largest absolute Gasteiger partial charge is 1.00 e. The first kappa shape index (κ1) is 18.8. The Bertz CT molecular complexity index is 399. The van der Waals surface area contributed by atoms with Crippen LogP contribution in [-0.4, -0.2) is 32.5 Å². The van der Waals surface area contributed by atoms with Crippen molar-refractivity contribution in [2.24, 2.45) is 0 Å². The predicted molar refractivity (Wildman–Crippen MR) is 76.8 cm³/mol. The summed E-state index contributed by atoms with van der Waals surface area (Å²) >= 11 is 0. The van der Waals surface area contributed by atoms with E-state index < -0.39 is 0 Å². The van der Waals surface area contributed by atoms with E-state index in [9.17, 15) is 0 Å². The Morgan fingerprint density at radius 2 is 2.10 bits per heavy atom. The standard InChI is InChI=1S/C15H23NO3.ClH/c1-4-7-13(16-10-6-11-17)12-8-5-9-14(18-2)15(12)19-3;/h4-5,8-9,13,16-17H,1,6-7,10-11H2,2-3H3;1H/p-1. The van der Waals surface area contributed by atoms with E-state index in [0.29, 0.717) is 0 Å². The van der Waals surface area contributed by atoms with Crippen molar-refractivity contribution in [3.63, 3.8) is 0 Å². The highest BCUT2D eigenvalue weighted by Gasteiger charge is 2.17. The Balaban J connectivity index is 0.00000361. The molecule has 4 nitrogen and oxygen atoms in total. The molecule has 20 heavy (non-hydrogen) atoms. The van der Waals surface area contributed by atoms with Crippen LogP contribution in [0.15, 0.2) is 30.9 Å². The summed E-state index contributed by atoms with van der Waals surface area (Å²) < 4.78 is 10.8. The van der Waals surface area contributed by atoms with Gasteiger partial charge in [0.25, 0.3) is 0 Å². The highest BCUT2D eigenvalue weighted by Crippen LogP contribution is 2.35. The zero-order chi connectivity index (χ0) is 14.1. The zero-order valence-electron chi connectivity index (χ0n) is 12.1. The van der Waals surface area contributed by atoms with Crippen LogP contribution in [0.1, 0.15) is 24.4 Å². The lowest BCUT2D eigenvalue weighted by atomic mass is 10.0. The smallest absolute Gasteiger partial charge is 0.165 e. The summed E-state index contributed by atoms with van der Waals surface area (Å²) in [6.45, 7) is 4.72. The average molecular weight is 301 g/mol. The first-order chi connectivity index (χ1) is 9.28. The highest BCUT2D eigenvalue weighted by atomic mass is 35.5. The quantitative estimate of drug-likeness (QED) is 0.468. The predicted octanol–water partition coefficient (Wildman–Crippen LogP) is -0.703. The summed E-state index contributed by atoms with van der Waals surface area (Å²) in [5.41, 5.74) is 1.04. The van der Waals surface area contributed by atoms with Crippen molar-refractivity contribution in [3.05, 3.63) is 36.4 Å². The minimum atomic E-state index is 0. The number of benzene rings is 1. The second-order valence-electron chi connectivity index (χ2n) is 4.19. The van der Waals surface area contributed by atoms with Crippen LogP contribution in [0.5, 0.6) is 11.5 Å². The van der Waals surface area contributed by atoms with Gasteiger partial charge in [-0.25, -0.2) is 0 Å². The molecule has 0 fully saturated rings. The van der Waals surface area contributed by atoms with E-state index >= 15 is 0 Å². The Kier molecular flexibility index (Phi) is 9.90. The zero-order valence-corrected chi connectivity index (χ0v) is 12.8. The fraction of sp³-hybridized carbons (Fsp3) is 0.467. The fourth-order valence-electron chi connectivity index (χ4n) is 2.03. The van der Waals surface area contributed by atoms with E-state index in [1.54, 1.807) is 14.2 Å². The topological polar surface area (TPSA) is 50.7 Å². The van der Waals surface area contributed by atoms with E-state index in [1.807, 2.05) is 24.3 Å². The normalized spacial score (nSPS) is 11.3. The van der Waals surface area contributed by atoms with Crippen molar-refractivity contribution in [2.45, 2.75) is 18.9 Å². The Morgan fingerprint density at radius 1 is 1.35 bits per heavy atom. The van der Waals surface area contributed by atoms with E-state index in [0.717, 1.165) is 36.4 Å². The van der Waals surface area contributed by atoms with Gasteiger partial charge in [-0.2, -0.15) is 0 Å². The molecule has 1 aromatic carbocycles. The summed E-state index contributed by atoms with van der Waals surface area (Å²) in [6, 6.07) is 5.94. The molecule has 2 N–H and O–H groups in total. The number of ether oxygens (including phenoxy) is 2. The molecule has 0 aliphatic rings. The maximum absolute atomic E-state index is 8.86. The number of rotatable bonds is 9. The minimum Gasteiger partial charge on any atom is -1.00 e. The number of halogens is 1. The summed E-state index contributed by atoms with van der Waals surface area (Å²) in [5.74, 6) is 1.46. The van der Waals surface area contributed by atoms with Gasteiger partial charge in [0.2, 0.25) is 0 Å². The molecule has 0 aliphatic carbocycles. The van der Waals surface area contributed by atoms with Gasteiger partial charge in [0.15, 0.2) is 11.5 Å². The molecule has 1 rings (SSSR count). The molecule has 0 spiro atoms. The summed E-state index contributed by atoms with van der Waals surface area (Å²) in [5, 5.41) is 12.3. The molecule has 0 bridgehead atoms. The van der Waals surface area contributed by atoms with Crippen molar-refractivity contribution in [1.82, 2.24) is 5.32 Å². The lowest BCUT2D eigenvalue weighted by molar-refractivity contribution is -0.00000571. The van der Waals surface area contributed by atoms with E-state index in [-0.39, 0.29) is 25.1 Å². The molecule has 0 aromatic heterocycles. The van der Waals surface area contributed by atoms with Crippen molar-refractivity contribution < 1.29 is 27.0 Å². The molecule has 1 atom stereocenters. The van der Waals surface area contributed by atoms with Crippen molar-refractivity contribution in [2.75, 3.05) is 27.4 Å². The van der Waals surface area contributed by atoms with Gasteiger partial charge in [-0.15, -0.1) is 6.58 Å². The number of methoxy groups -OCH3 is 2. The molecule has 0 saturated carbocycles. The van der Waals surface area contributed by atoms with Crippen LogP contribution in [0.3, 0.4) is 0 Å². The van der Waals surface area contributed by atoms with Crippen LogP contribution in [0.25, 0.3) is 0 Å². The summed E-state index contributed by atoms with van der Waals surface area (Å²) in [4.78, 5) is 0. The first-order valence-electron chi connectivity index (χ1n) is 6.44. The molecular formula is C15H23ClNO3-. The Labute approximate surface area is 127 Å². The lowest BCUT2D eigenvalue weighted by Gasteiger charge is -2.21. The van der Waals surface area contributed by atoms with Crippen molar-refractivity contribution in [1.29, 1.82) is 0 Å². The third kappa shape index (κ3) is 5.04. The number of nitrogens with one attached hydrogen (secondary N) is 1. The van der Waals surface area contributed by atoms with Crippen LogP contribution < -0.4 is 27.2 Å². The molecule has 1 aromatic rings. The monoisotopic (exact) mass is 300 g/mol. The molecular weight excluding hydrogens is 278 g/mol. The molecule has 0 radical (unpaired) electrons. The van der Waals surface area contributed by atoms with Gasteiger partial charge < -0.3 is 32.3 Å². The maximum Gasteiger partial charge on any atom is 0.165 e. The number of aliphatic hydroxyl groups is 1. The summed E-state index contributed by atoms with van der Waals surface area (Å²) in [7, 11) is 3.27. The van der Waals surface area contributed by atoms with Gasteiger partial charge >= 0.3 is 0 Å². The van der Waals surface area contributed by atoms with Gasteiger partial charge in [0.1, 0.15) is 0 Å². The lowest BCUT2D eigenvalue weighted by Crippen LogP contribution is -3.00.